The Balaban J connectivity index is 1.51. The molecule has 2 aromatic carbocycles. The molecule has 176 valence electrons. The third kappa shape index (κ3) is 2.39. The molecular weight excluding hydrogens is 435 g/mol. The highest BCUT2D eigenvalue weighted by Crippen LogP contribution is 2.65. The van der Waals surface area contributed by atoms with E-state index in [4.69, 9.17) is 9.57 Å². The summed E-state index contributed by atoms with van der Waals surface area (Å²) in [5.41, 5.74) is 1.02. The number of benzene rings is 2. The van der Waals surface area contributed by atoms with Gasteiger partial charge in [0.05, 0.1) is 18.2 Å². The maximum absolute atomic E-state index is 13.8. The molecule has 4 atom stereocenters. The van der Waals surface area contributed by atoms with E-state index in [1.807, 2.05) is 23.3 Å². The number of aromatic hydroxyl groups is 1. The van der Waals surface area contributed by atoms with Crippen molar-refractivity contribution in [2.75, 3.05) is 25.3 Å². The molecule has 0 aromatic heterocycles. The maximum atomic E-state index is 13.8. The normalized spacial score (nSPS) is 33.6. The number of hydrogen-bond acceptors (Lipinski definition) is 6. The van der Waals surface area contributed by atoms with Gasteiger partial charge in [-0.15, -0.1) is 0 Å². The van der Waals surface area contributed by atoms with Crippen molar-refractivity contribution in [1.29, 1.82) is 0 Å². The second-order valence-corrected chi connectivity index (χ2v) is 10.3. The van der Waals surface area contributed by atoms with Crippen molar-refractivity contribution in [3.05, 3.63) is 65.5 Å². The van der Waals surface area contributed by atoms with Crippen molar-refractivity contribution in [3.8, 4) is 11.5 Å². The number of piperidine rings is 1. The summed E-state index contributed by atoms with van der Waals surface area (Å²) in [4.78, 5) is 22.4. The summed E-state index contributed by atoms with van der Waals surface area (Å²) < 4.78 is 19.3. The monoisotopic (exact) mass is 462 g/mol. The highest BCUT2D eigenvalue weighted by Gasteiger charge is 2.76. The lowest BCUT2D eigenvalue weighted by Crippen LogP contribution is -2.76. The van der Waals surface area contributed by atoms with Crippen LogP contribution in [0.1, 0.15) is 30.4 Å². The second-order valence-electron chi connectivity index (χ2n) is 10.3. The van der Waals surface area contributed by atoms with E-state index >= 15 is 0 Å². The number of ether oxygens (including phenoxy) is 1. The van der Waals surface area contributed by atoms with Gasteiger partial charge in [-0.3, -0.25) is 14.5 Å². The molecule has 3 aliphatic carbocycles. The van der Waals surface area contributed by atoms with E-state index in [0.717, 1.165) is 24.2 Å². The zero-order valence-electron chi connectivity index (χ0n) is 19.0. The van der Waals surface area contributed by atoms with Gasteiger partial charge in [-0.05, 0) is 80.1 Å². The van der Waals surface area contributed by atoms with Gasteiger partial charge in [0.2, 0.25) is 0 Å². The summed E-state index contributed by atoms with van der Waals surface area (Å²) >= 11 is 0. The first kappa shape index (κ1) is 20.5. The number of methoxy groups -OCH3 is 1. The minimum absolute atomic E-state index is 0.0431. The van der Waals surface area contributed by atoms with Crippen LogP contribution in [-0.2, 0) is 21.5 Å². The van der Waals surface area contributed by atoms with Crippen LogP contribution in [0, 0.1) is 11.7 Å². The van der Waals surface area contributed by atoms with Gasteiger partial charge in [-0.1, -0.05) is 12.1 Å². The summed E-state index contributed by atoms with van der Waals surface area (Å²) in [5.74, 6) is 0.774. The fourth-order valence-corrected chi connectivity index (χ4v) is 7.21. The number of phenols is 1. The molecule has 3 fully saturated rings. The van der Waals surface area contributed by atoms with E-state index < -0.39 is 17.1 Å². The van der Waals surface area contributed by atoms with Crippen LogP contribution in [0.3, 0.4) is 0 Å². The molecule has 6 nitrogen and oxygen atoms in total. The quantitative estimate of drug-likeness (QED) is 0.751. The molecule has 2 saturated heterocycles. The van der Waals surface area contributed by atoms with E-state index in [0.29, 0.717) is 30.2 Å². The summed E-state index contributed by atoms with van der Waals surface area (Å²) in [5, 5.41) is 13.3. The Labute approximate surface area is 197 Å². The second kappa shape index (κ2) is 6.83. The molecule has 2 aliphatic heterocycles. The van der Waals surface area contributed by atoms with Gasteiger partial charge in [-0.25, -0.2) is 9.45 Å². The first-order chi connectivity index (χ1) is 16.5. The molecule has 7 rings (SSSR count). The van der Waals surface area contributed by atoms with Crippen LogP contribution in [0.25, 0.3) is 0 Å². The third-order valence-electron chi connectivity index (χ3n) is 8.77. The van der Waals surface area contributed by atoms with Gasteiger partial charge >= 0.3 is 0 Å². The van der Waals surface area contributed by atoms with E-state index in [1.54, 1.807) is 25.3 Å². The zero-order valence-corrected chi connectivity index (χ0v) is 19.0. The molecule has 1 saturated carbocycles. The minimum Gasteiger partial charge on any atom is -0.504 e. The lowest BCUT2D eigenvalue weighted by Gasteiger charge is -2.62. The van der Waals surface area contributed by atoms with Gasteiger partial charge in [0.15, 0.2) is 23.4 Å². The number of phenolic OH excluding ortho intramolecular Hbond substituents is 1. The highest BCUT2D eigenvalue weighted by atomic mass is 19.1. The number of ketones is 1. The van der Waals surface area contributed by atoms with Crippen LogP contribution < -0.4 is 9.80 Å². The first-order valence-electron chi connectivity index (χ1n) is 12.1. The van der Waals surface area contributed by atoms with Crippen LogP contribution in [0.2, 0.25) is 0 Å². The Kier molecular flexibility index (Phi) is 4.11. The average molecular weight is 463 g/mol. The first-order valence-corrected chi connectivity index (χ1v) is 12.1. The number of hydrogen-bond donors (Lipinski definition) is 1. The topological polar surface area (TPSA) is 62.2 Å². The summed E-state index contributed by atoms with van der Waals surface area (Å²) in [6, 6.07) is 10.1. The minimum atomic E-state index is -0.774. The Hall–Kier alpha value is -2.90. The van der Waals surface area contributed by atoms with Gasteiger partial charge < -0.3 is 9.84 Å². The number of rotatable bonds is 4. The van der Waals surface area contributed by atoms with Crippen LogP contribution in [-0.4, -0.2) is 53.7 Å². The summed E-state index contributed by atoms with van der Waals surface area (Å²) in [6.07, 6.45) is 6.78. The Bertz CT molecular complexity index is 1230. The van der Waals surface area contributed by atoms with Crippen molar-refractivity contribution < 1.29 is 23.9 Å². The van der Waals surface area contributed by atoms with E-state index in [9.17, 15) is 14.3 Å². The Morgan fingerprint density at radius 3 is 2.74 bits per heavy atom. The van der Waals surface area contributed by atoms with Crippen molar-refractivity contribution in [3.63, 3.8) is 0 Å². The van der Waals surface area contributed by atoms with E-state index in [2.05, 4.69) is 4.90 Å². The number of nitrogens with zero attached hydrogens (tertiary/aromatic N) is 2. The molecule has 0 spiro atoms. The van der Waals surface area contributed by atoms with Crippen molar-refractivity contribution in [1.82, 2.24) is 4.90 Å². The van der Waals surface area contributed by atoms with Crippen LogP contribution in [0.5, 0.6) is 11.5 Å². The Morgan fingerprint density at radius 2 is 2.00 bits per heavy atom. The van der Waals surface area contributed by atoms with Crippen molar-refractivity contribution in [2.45, 2.75) is 48.8 Å². The number of anilines is 1. The predicted octanol–water partition coefficient (Wildman–Crippen LogP) is 3.52. The molecule has 4 bridgehead atoms. The molecule has 0 amide bonds. The Morgan fingerprint density at radius 1 is 1.21 bits per heavy atom. The number of halogens is 1. The zero-order chi connectivity index (χ0) is 23.2. The molecule has 0 radical (unpaired) electrons. The fourth-order valence-electron chi connectivity index (χ4n) is 7.21. The molecule has 2 aromatic rings. The number of carbonyl (C=O) groups is 1. The van der Waals surface area contributed by atoms with E-state index in [-0.39, 0.29) is 23.4 Å². The van der Waals surface area contributed by atoms with E-state index in [1.165, 1.54) is 25.0 Å². The fraction of sp³-hybridized carbons (Fsp3) is 0.444. The lowest BCUT2D eigenvalue weighted by molar-refractivity contribution is -0.127. The van der Waals surface area contributed by atoms with Gasteiger partial charge in [0.25, 0.3) is 0 Å². The molecule has 4 unspecified atom stereocenters. The molecular formula is C27H27FN2O4. The van der Waals surface area contributed by atoms with Gasteiger partial charge in [-0.2, -0.15) is 0 Å². The largest absolute Gasteiger partial charge is 0.504 e. The standard InChI is InChI=1S/C27H27FN2O4/c1-33-21-9-4-17-14-22-27-11-10-20(31)25(34-30(27)19-7-5-18(28)6-8-19)26(27,23(17)24(21)32)12-13-29(22)15-16-2-3-16/h4-11,16,22,25,32H,2-3,12-15H2,1H3. The summed E-state index contributed by atoms with van der Waals surface area (Å²) in [7, 11) is 1.54. The van der Waals surface area contributed by atoms with Crippen molar-refractivity contribution in [2.24, 2.45) is 5.92 Å². The molecule has 5 aliphatic rings. The maximum Gasteiger partial charge on any atom is 0.187 e. The third-order valence-corrected chi connectivity index (χ3v) is 8.77. The number of likely N-dealkylation sites (tertiary alicyclic amines) is 1. The van der Waals surface area contributed by atoms with Crippen LogP contribution >= 0.6 is 0 Å². The molecule has 2 heterocycles. The van der Waals surface area contributed by atoms with Crippen LogP contribution in [0.4, 0.5) is 10.1 Å². The number of fused-ring (bicyclic) bond motifs is 1. The van der Waals surface area contributed by atoms with Gasteiger partial charge in [0.1, 0.15) is 11.4 Å². The molecule has 7 heteroatoms. The predicted molar refractivity (Wildman–Crippen MR) is 123 cm³/mol. The molecule has 1 N–H and O–H groups in total. The average Bonchev–Trinajstić information content (AvgIpc) is 3.61. The van der Waals surface area contributed by atoms with Crippen molar-refractivity contribution >= 4 is 11.5 Å². The number of carbonyl (C=O) groups excluding carboxylic acids is 1. The van der Waals surface area contributed by atoms with Crippen LogP contribution in [0.15, 0.2) is 48.6 Å². The highest BCUT2D eigenvalue weighted by molar-refractivity contribution is 5.99. The number of hydroxylamine groups is 1. The smallest absolute Gasteiger partial charge is 0.187 e. The SMILES string of the molecule is COc1ccc2c(c1O)C13CCN(CC4CC4)C(C2)C12C=CC(=O)C3ON2c1ccc(F)cc1. The lowest BCUT2D eigenvalue weighted by atomic mass is 9.48. The van der Waals surface area contributed by atoms with Gasteiger partial charge in [0, 0.05) is 18.2 Å². The molecule has 34 heavy (non-hydrogen) atoms. The summed E-state index contributed by atoms with van der Waals surface area (Å²) in [6.45, 7) is 1.85.